The second-order valence-corrected chi connectivity index (χ2v) is 4.53. The van der Waals surface area contributed by atoms with Crippen LogP contribution in [-0.2, 0) is 4.74 Å². The molecule has 0 aliphatic carbocycles. The molecule has 1 rings (SSSR count). The smallest absolute Gasteiger partial charge is 0.249 e. The van der Waals surface area contributed by atoms with Crippen LogP contribution in [0, 0.1) is 17.9 Å². The van der Waals surface area contributed by atoms with Gasteiger partial charge in [-0.3, -0.25) is 0 Å². The lowest BCUT2D eigenvalue weighted by Gasteiger charge is -2.33. The average Bonchev–Trinajstić information content (AvgIpc) is 2.03. The molecule has 0 spiro atoms. The van der Waals surface area contributed by atoms with E-state index < -0.39 is 0 Å². The van der Waals surface area contributed by atoms with E-state index in [9.17, 15) is 0 Å². The average molecular weight is 167 g/mol. The van der Waals surface area contributed by atoms with Crippen LogP contribution >= 0.6 is 0 Å². The summed E-state index contributed by atoms with van der Waals surface area (Å²) in [5, 5.41) is 0. The largest absolute Gasteiger partial charge is 0.373 e. The molecule has 0 bridgehead atoms. The summed E-state index contributed by atoms with van der Waals surface area (Å²) in [6, 6.07) is 0.0822. The number of nitrogens with zero attached hydrogens (tertiary/aromatic N) is 1. The maximum absolute atomic E-state index is 7.05. The summed E-state index contributed by atoms with van der Waals surface area (Å²) in [4.78, 5) is 3.62. The van der Waals surface area contributed by atoms with Crippen LogP contribution in [0.5, 0.6) is 0 Å². The number of rotatable bonds is 0. The van der Waals surface area contributed by atoms with E-state index in [1.807, 2.05) is 0 Å². The Labute approximate surface area is 74.7 Å². The molecule has 12 heavy (non-hydrogen) atoms. The normalized spacial score (nSPS) is 31.2. The fourth-order valence-corrected chi connectivity index (χ4v) is 1.86. The van der Waals surface area contributed by atoms with Gasteiger partial charge in [0.15, 0.2) is 0 Å². The maximum Gasteiger partial charge on any atom is 0.249 e. The molecule has 0 amide bonds. The third-order valence-corrected chi connectivity index (χ3v) is 2.60. The van der Waals surface area contributed by atoms with Crippen molar-refractivity contribution in [1.82, 2.24) is 0 Å². The predicted molar refractivity (Wildman–Crippen MR) is 48.8 cm³/mol. The van der Waals surface area contributed by atoms with Crippen LogP contribution in [-0.4, -0.2) is 19.3 Å². The second kappa shape index (κ2) is 3.45. The summed E-state index contributed by atoms with van der Waals surface area (Å²) in [5.41, 5.74) is 0.249. The van der Waals surface area contributed by atoms with E-state index in [-0.39, 0.29) is 11.5 Å². The van der Waals surface area contributed by atoms with E-state index >= 15 is 0 Å². The molecule has 1 aliphatic rings. The Morgan fingerprint density at radius 2 is 2.08 bits per heavy atom. The lowest BCUT2D eigenvalue weighted by atomic mass is 9.74. The van der Waals surface area contributed by atoms with Crippen LogP contribution in [0.2, 0.25) is 0 Å². The first-order valence-corrected chi connectivity index (χ1v) is 4.50. The van der Waals surface area contributed by atoms with E-state index in [0.29, 0.717) is 12.5 Å². The van der Waals surface area contributed by atoms with Crippen LogP contribution in [0.3, 0.4) is 0 Å². The SMILES string of the molecule is [C-]#[N+]C1COCCC1C(C)(C)C. The van der Waals surface area contributed by atoms with Crippen molar-refractivity contribution in [3.63, 3.8) is 0 Å². The zero-order valence-corrected chi connectivity index (χ0v) is 8.13. The van der Waals surface area contributed by atoms with E-state index in [2.05, 4.69) is 25.6 Å². The van der Waals surface area contributed by atoms with Crippen molar-refractivity contribution < 1.29 is 4.74 Å². The second-order valence-electron chi connectivity index (χ2n) is 4.53. The van der Waals surface area contributed by atoms with Gasteiger partial charge in [-0.05, 0) is 11.8 Å². The first-order valence-electron chi connectivity index (χ1n) is 4.50. The number of ether oxygens (including phenoxy) is 1. The van der Waals surface area contributed by atoms with Gasteiger partial charge < -0.3 is 9.58 Å². The van der Waals surface area contributed by atoms with Crippen molar-refractivity contribution in [2.24, 2.45) is 11.3 Å². The minimum Gasteiger partial charge on any atom is -0.373 e. The van der Waals surface area contributed by atoms with Gasteiger partial charge in [0, 0.05) is 12.5 Å². The van der Waals surface area contributed by atoms with E-state index in [1.165, 1.54) is 0 Å². The molecule has 1 saturated heterocycles. The van der Waals surface area contributed by atoms with Crippen molar-refractivity contribution >= 4 is 0 Å². The Balaban J connectivity index is 2.67. The van der Waals surface area contributed by atoms with Crippen molar-refractivity contribution in [2.45, 2.75) is 33.2 Å². The molecule has 0 saturated carbocycles. The zero-order chi connectivity index (χ0) is 9.19. The Hall–Kier alpha value is -0.550. The van der Waals surface area contributed by atoms with Gasteiger partial charge in [-0.15, -0.1) is 0 Å². The first kappa shape index (κ1) is 9.54. The Kier molecular flexibility index (Phi) is 2.74. The fourth-order valence-electron chi connectivity index (χ4n) is 1.86. The predicted octanol–water partition coefficient (Wildman–Crippen LogP) is 2.36. The van der Waals surface area contributed by atoms with Gasteiger partial charge in [0.1, 0.15) is 6.61 Å². The summed E-state index contributed by atoms with van der Waals surface area (Å²) in [6.07, 6.45) is 1.04. The quantitative estimate of drug-likeness (QED) is 0.505. The summed E-state index contributed by atoms with van der Waals surface area (Å²) >= 11 is 0. The topological polar surface area (TPSA) is 13.6 Å². The molecular weight excluding hydrogens is 150 g/mol. The third kappa shape index (κ3) is 1.98. The molecule has 1 heterocycles. The summed E-state index contributed by atoms with van der Waals surface area (Å²) in [6.45, 7) is 15.1. The van der Waals surface area contributed by atoms with Crippen LogP contribution in [0.1, 0.15) is 27.2 Å². The summed E-state index contributed by atoms with van der Waals surface area (Å²) in [5.74, 6) is 0.503. The molecular formula is C10H17NO. The molecule has 0 radical (unpaired) electrons. The van der Waals surface area contributed by atoms with Crippen molar-refractivity contribution in [1.29, 1.82) is 0 Å². The maximum atomic E-state index is 7.05. The molecule has 1 fully saturated rings. The summed E-state index contributed by atoms with van der Waals surface area (Å²) < 4.78 is 5.28. The van der Waals surface area contributed by atoms with Crippen LogP contribution < -0.4 is 0 Å². The van der Waals surface area contributed by atoms with E-state index in [1.54, 1.807) is 0 Å². The first-order chi connectivity index (χ1) is 5.55. The fraction of sp³-hybridized carbons (Fsp3) is 0.900. The van der Waals surface area contributed by atoms with Crippen molar-refractivity contribution in [3.05, 3.63) is 11.4 Å². The molecule has 68 valence electrons. The molecule has 0 aromatic heterocycles. The van der Waals surface area contributed by atoms with Gasteiger partial charge in [0.2, 0.25) is 6.04 Å². The molecule has 2 unspecified atom stereocenters. The van der Waals surface area contributed by atoms with Crippen LogP contribution in [0.4, 0.5) is 0 Å². The van der Waals surface area contributed by atoms with Crippen molar-refractivity contribution in [3.8, 4) is 0 Å². The highest BCUT2D eigenvalue weighted by atomic mass is 16.5. The molecule has 1 aliphatic heterocycles. The number of hydrogen-bond acceptors (Lipinski definition) is 1. The Morgan fingerprint density at radius 3 is 2.50 bits per heavy atom. The van der Waals surface area contributed by atoms with Gasteiger partial charge >= 0.3 is 0 Å². The Morgan fingerprint density at radius 1 is 1.42 bits per heavy atom. The molecule has 0 N–H and O–H groups in total. The highest BCUT2D eigenvalue weighted by molar-refractivity contribution is 4.93. The summed E-state index contributed by atoms with van der Waals surface area (Å²) in [7, 11) is 0. The van der Waals surface area contributed by atoms with Gasteiger partial charge in [-0.1, -0.05) is 20.8 Å². The molecule has 2 heteroatoms. The lowest BCUT2D eigenvalue weighted by molar-refractivity contribution is 0.0224. The van der Waals surface area contributed by atoms with Crippen molar-refractivity contribution in [2.75, 3.05) is 13.2 Å². The lowest BCUT2D eigenvalue weighted by Crippen LogP contribution is -2.38. The van der Waals surface area contributed by atoms with Gasteiger partial charge in [0.05, 0.1) is 0 Å². The number of hydrogen-bond donors (Lipinski definition) is 0. The minimum absolute atomic E-state index is 0.0822. The van der Waals surface area contributed by atoms with Crippen LogP contribution in [0.25, 0.3) is 4.85 Å². The monoisotopic (exact) mass is 167 g/mol. The molecule has 2 atom stereocenters. The zero-order valence-electron chi connectivity index (χ0n) is 8.13. The minimum atomic E-state index is 0.0822. The van der Waals surface area contributed by atoms with Gasteiger partial charge in [0.25, 0.3) is 0 Å². The highest BCUT2D eigenvalue weighted by Gasteiger charge is 2.38. The van der Waals surface area contributed by atoms with E-state index in [4.69, 9.17) is 11.3 Å². The third-order valence-electron chi connectivity index (χ3n) is 2.60. The standard InChI is InChI=1S/C10H17NO/c1-10(2,3)8-5-6-12-7-9(8)11-4/h8-9H,5-7H2,1-3H3. The Bertz CT molecular complexity index is 187. The van der Waals surface area contributed by atoms with Crippen LogP contribution in [0.15, 0.2) is 0 Å². The molecule has 0 aromatic carbocycles. The van der Waals surface area contributed by atoms with Gasteiger partial charge in [-0.2, -0.15) is 0 Å². The molecule has 0 aromatic rings. The van der Waals surface area contributed by atoms with E-state index in [0.717, 1.165) is 13.0 Å². The highest BCUT2D eigenvalue weighted by Crippen LogP contribution is 2.35. The van der Waals surface area contributed by atoms with Gasteiger partial charge in [-0.25, -0.2) is 6.57 Å². The molecule has 2 nitrogen and oxygen atoms in total.